The lowest BCUT2D eigenvalue weighted by Gasteiger charge is -2.68. The maximum absolute atomic E-state index is 14.1. The van der Waals surface area contributed by atoms with Gasteiger partial charge in [0, 0.05) is 49.6 Å². The fraction of sp³-hybridized carbons (Fsp3) is 0.826. The van der Waals surface area contributed by atoms with Crippen molar-refractivity contribution < 1.29 is 29.3 Å². The highest BCUT2D eigenvalue weighted by Gasteiger charge is 2.66. The van der Waals surface area contributed by atoms with Crippen LogP contribution < -0.4 is 0 Å². The van der Waals surface area contributed by atoms with Crippen LogP contribution in [-0.2, 0) is 25.7 Å². The quantitative estimate of drug-likeness (QED) is 0.142. The lowest BCUT2D eigenvalue weighted by molar-refractivity contribution is -0.214. The lowest BCUT2D eigenvalue weighted by atomic mass is 9.37. The molecule has 1 aromatic rings. The van der Waals surface area contributed by atoms with E-state index in [0.717, 1.165) is 82.1 Å². The minimum absolute atomic E-state index is 0.00506. The van der Waals surface area contributed by atoms with E-state index in [1.807, 2.05) is 12.3 Å². The number of allylic oxidation sites excluding steroid dienone is 1. The lowest BCUT2D eigenvalue weighted by Crippen LogP contribution is -2.62. The number of aliphatic hydroxyl groups excluding tert-OH is 1. The third kappa shape index (κ3) is 8.06. The van der Waals surface area contributed by atoms with E-state index in [-0.39, 0.29) is 45.9 Å². The van der Waals surface area contributed by atoms with Crippen molar-refractivity contribution in [2.45, 2.75) is 159 Å². The zero-order chi connectivity index (χ0) is 41.6. The number of likely N-dealkylation sites (N-methyl/N-ethyl adjacent to an activating group) is 1. The Balaban J connectivity index is 1.44. The fourth-order valence-electron chi connectivity index (χ4n) is 12.7. The maximum Gasteiger partial charge on any atom is 0.309 e. The van der Waals surface area contributed by atoms with Gasteiger partial charge in [-0.3, -0.25) is 24.4 Å². The number of rotatable bonds is 16. The van der Waals surface area contributed by atoms with E-state index in [1.54, 1.807) is 13.8 Å². The second-order valence-electron chi connectivity index (χ2n) is 21.2. The Morgan fingerprint density at radius 3 is 2.32 bits per heavy atom. The molecule has 8 atom stereocenters. The molecule has 316 valence electrons. The number of esters is 1. The number of carbonyl (C=O) groups excluding carboxylic acids is 2. The molecule has 3 fully saturated rings. The Bertz CT molecular complexity index is 1620. The largest absolute Gasteiger partial charge is 0.481 e. The normalized spacial score (nSPS) is 33.9. The fourth-order valence-corrected chi connectivity index (χ4v) is 12.7. The molecule has 4 aliphatic rings. The number of hydrogen-bond acceptors (Lipinski definition) is 8. The summed E-state index contributed by atoms with van der Waals surface area (Å²) in [5, 5.41) is 29.5. The summed E-state index contributed by atoms with van der Waals surface area (Å²) in [6.45, 7) is 24.7. The number of carbonyl (C=O) groups is 3. The Kier molecular flexibility index (Phi) is 12.9. The van der Waals surface area contributed by atoms with Crippen LogP contribution in [-0.4, -0.2) is 93.9 Å². The van der Waals surface area contributed by atoms with Gasteiger partial charge in [-0.1, -0.05) is 67.4 Å². The molecule has 5 rings (SSSR count). The number of aromatic nitrogens is 2. The van der Waals surface area contributed by atoms with Crippen LogP contribution in [0.4, 0.5) is 0 Å². The summed E-state index contributed by atoms with van der Waals surface area (Å²) in [5.74, 6) is -0.334. The molecule has 1 aromatic heterocycles. The maximum atomic E-state index is 14.1. The first-order chi connectivity index (χ1) is 26.0. The number of aliphatic carboxylic acids is 1. The predicted octanol–water partition coefficient (Wildman–Crippen LogP) is 8.31. The number of ether oxygens (including phenoxy) is 1. The molecule has 0 radical (unpaired) electrons. The van der Waals surface area contributed by atoms with Gasteiger partial charge in [-0.15, -0.1) is 0 Å². The van der Waals surface area contributed by atoms with Crippen molar-refractivity contribution in [3.8, 4) is 0 Å². The average molecular weight is 781 g/mol. The number of nitrogens with one attached hydrogen (secondary N) is 1. The number of hydrogen-bond donors (Lipinski definition) is 3. The number of nitrogens with zero attached hydrogens (tertiary/aromatic N) is 3. The Morgan fingerprint density at radius 2 is 1.73 bits per heavy atom. The Morgan fingerprint density at radius 1 is 1.04 bits per heavy atom. The van der Waals surface area contributed by atoms with Gasteiger partial charge in [-0.25, -0.2) is 0 Å². The van der Waals surface area contributed by atoms with Crippen molar-refractivity contribution in [1.82, 2.24) is 20.0 Å². The van der Waals surface area contributed by atoms with Gasteiger partial charge in [-0.2, -0.15) is 5.10 Å². The highest BCUT2D eigenvalue weighted by molar-refractivity contribution is 6.00. The topological polar surface area (TPSA) is 136 Å². The molecular weight excluding hydrogens is 705 g/mol. The molecule has 0 amide bonds. The minimum atomic E-state index is -1.17. The van der Waals surface area contributed by atoms with E-state index in [0.29, 0.717) is 31.3 Å². The van der Waals surface area contributed by atoms with Crippen LogP contribution in [0, 0.1) is 50.2 Å². The number of aliphatic hydroxyl groups is 1. The molecule has 0 aromatic carbocycles. The third-order valence-electron chi connectivity index (χ3n) is 16.2. The first-order valence-electron chi connectivity index (χ1n) is 21.7. The van der Waals surface area contributed by atoms with E-state index in [9.17, 15) is 24.6 Å². The molecule has 4 aliphatic carbocycles. The van der Waals surface area contributed by atoms with E-state index >= 15 is 0 Å². The van der Waals surface area contributed by atoms with Crippen molar-refractivity contribution >= 4 is 17.7 Å². The van der Waals surface area contributed by atoms with Crippen LogP contribution in [0.3, 0.4) is 0 Å². The van der Waals surface area contributed by atoms with Crippen LogP contribution in [0.1, 0.15) is 146 Å². The molecule has 10 heteroatoms. The average Bonchev–Trinajstić information content (AvgIpc) is 3.71. The van der Waals surface area contributed by atoms with Crippen LogP contribution in [0.5, 0.6) is 0 Å². The molecular formula is C46H76N4O6. The van der Waals surface area contributed by atoms with Crippen LogP contribution in [0.25, 0.3) is 0 Å². The monoisotopic (exact) mass is 781 g/mol. The van der Waals surface area contributed by atoms with Crippen LogP contribution in [0.2, 0.25) is 0 Å². The first-order valence-corrected chi connectivity index (χ1v) is 21.7. The number of ketones is 1. The molecule has 0 unspecified atom stereocenters. The van der Waals surface area contributed by atoms with Gasteiger partial charge in [-0.05, 0) is 125 Å². The van der Waals surface area contributed by atoms with Gasteiger partial charge in [0.15, 0.2) is 5.78 Å². The molecule has 0 saturated heterocycles. The second-order valence-corrected chi connectivity index (χ2v) is 21.2. The molecule has 56 heavy (non-hydrogen) atoms. The number of fused-ring (bicyclic) bond motifs is 2. The summed E-state index contributed by atoms with van der Waals surface area (Å²) in [6.07, 6.45) is 9.77. The van der Waals surface area contributed by atoms with Gasteiger partial charge in [0.25, 0.3) is 0 Å². The molecule has 3 N–H and O–H groups in total. The van der Waals surface area contributed by atoms with Gasteiger partial charge in [0.05, 0.1) is 23.6 Å². The summed E-state index contributed by atoms with van der Waals surface area (Å²) in [7, 11) is 4.14. The molecule has 10 nitrogen and oxygen atoms in total. The van der Waals surface area contributed by atoms with E-state index in [4.69, 9.17) is 4.74 Å². The van der Waals surface area contributed by atoms with Gasteiger partial charge >= 0.3 is 11.9 Å². The van der Waals surface area contributed by atoms with Crippen molar-refractivity contribution in [2.24, 2.45) is 50.2 Å². The van der Waals surface area contributed by atoms with Crippen molar-refractivity contribution in [2.75, 3.05) is 33.7 Å². The van der Waals surface area contributed by atoms with E-state index in [1.165, 1.54) is 5.57 Å². The SMILES string of the molecule is CCC[C@@H]1[C@@]2(C)CC[C@H](OC(=O)CC(C)(C)C(=O)O)C(C)(C)[C@@H]2CC[C@@]1(C)[C@]1(C)CC[C@@]2([C@@H](O)CN(CCN(C)C)Cc3cc[nH]n3)CC(=O)C(C(C)C)=C2C1. The predicted molar refractivity (Wildman–Crippen MR) is 221 cm³/mol. The van der Waals surface area contributed by atoms with Gasteiger partial charge in [0.1, 0.15) is 6.10 Å². The number of carboxylic acids is 1. The van der Waals surface area contributed by atoms with Crippen molar-refractivity contribution in [3.05, 3.63) is 29.1 Å². The number of Topliss-reactive ketones (excluding diaryl/α,β-unsaturated/α-hetero) is 1. The van der Waals surface area contributed by atoms with E-state index < -0.39 is 28.9 Å². The Hall–Kier alpha value is -2.56. The highest BCUT2D eigenvalue weighted by Crippen LogP contribution is 2.73. The van der Waals surface area contributed by atoms with Gasteiger partial charge in [0.2, 0.25) is 0 Å². The van der Waals surface area contributed by atoms with E-state index in [2.05, 4.69) is 89.5 Å². The van der Waals surface area contributed by atoms with Crippen LogP contribution in [0.15, 0.2) is 23.4 Å². The zero-order valence-electron chi connectivity index (χ0n) is 37.0. The standard InChI is InChI=1S/C46H76N4O6/c1-13-14-35-44(9)18-16-37(56-38(53)27-41(4,5)40(54)55)42(6,7)34(44)15-19-45(35,10)43(8)20-21-46(26-33(51)39(30(2)3)32(46)25-43)36(52)29-50(24-23-49(11)12)28-31-17-22-47-48-31/h17,22,30,34-37,52H,13-16,18-21,23-29H2,1-12H3,(H,47,48)(H,54,55)/t34-,35+,36-,37-,43+,44-,45+,46+/m0/s1. The number of H-pyrrole nitrogens is 1. The first kappa shape index (κ1) is 44.5. The molecule has 1 heterocycles. The summed E-state index contributed by atoms with van der Waals surface area (Å²) in [5.41, 5.74) is 1.09. The Labute approximate surface area is 338 Å². The summed E-state index contributed by atoms with van der Waals surface area (Å²) >= 11 is 0. The molecule has 3 saturated carbocycles. The molecule has 0 aliphatic heterocycles. The third-order valence-corrected chi connectivity index (χ3v) is 16.2. The van der Waals surface area contributed by atoms with Crippen LogP contribution >= 0.6 is 0 Å². The minimum Gasteiger partial charge on any atom is -0.481 e. The summed E-state index contributed by atoms with van der Waals surface area (Å²) in [4.78, 5) is 43.6. The van der Waals surface area contributed by atoms with Crippen molar-refractivity contribution in [3.63, 3.8) is 0 Å². The summed E-state index contributed by atoms with van der Waals surface area (Å²) < 4.78 is 6.20. The van der Waals surface area contributed by atoms with Crippen molar-refractivity contribution in [1.29, 1.82) is 0 Å². The highest BCUT2D eigenvalue weighted by atomic mass is 16.5. The summed E-state index contributed by atoms with van der Waals surface area (Å²) in [6, 6.07) is 1.99. The molecule has 0 bridgehead atoms. The smallest absolute Gasteiger partial charge is 0.309 e. The number of carboxylic acid groups (broad SMARTS) is 1. The number of aromatic amines is 1. The zero-order valence-corrected chi connectivity index (χ0v) is 37.0. The van der Waals surface area contributed by atoms with Gasteiger partial charge < -0.3 is 19.8 Å². The molecule has 0 spiro atoms. The second kappa shape index (κ2) is 16.2.